The predicted octanol–water partition coefficient (Wildman–Crippen LogP) is 3.76. The third-order valence-corrected chi connectivity index (χ3v) is 8.61. The highest BCUT2D eigenvalue weighted by molar-refractivity contribution is 5.94. The molecule has 1 fully saturated rings. The molecule has 280 valence electrons. The average molecular weight is 709 g/mol. The SMILES string of the molecule is C=C1[C@H](OCC(C)C)[C@@H](OC(C)=O)[C@@H](OC(C)=O)C(C)(C)/C=C\[C@@H](C)C(=O)[C@@]2(OC(C)=O)C[C@@](C)(OC(C)=O)[C@H](OC(C)=O)[C@@H]2[C@H]1OC(C)=O. The molecule has 0 amide bonds. The van der Waals surface area contributed by atoms with Gasteiger partial charge >= 0.3 is 35.8 Å². The van der Waals surface area contributed by atoms with Gasteiger partial charge in [0.2, 0.25) is 0 Å². The Morgan fingerprint density at radius 3 is 1.72 bits per heavy atom. The lowest BCUT2D eigenvalue weighted by Crippen LogP contribution is -2.59. The quantitative estimate of drug-likeness (QED) is 0.192. The van der Waals surface area contributed by atoms with Crippen molar-refractivity contribution in [2.75, 3.05) is 6.61 Å². The second-order valence-corrected chi connectivity index (χ2v) is 14.3. The molecule has 2 aliphatic carbocycles. The van der Waals surface area contributed by atoms with Crippen molar-refractivity contribution in [3.63, 3.8) is 0 Å². The van der Waals surface area contributed by atoms with Crippen LogP contribution in [0, 0.1) is 23.2 Å². The maximum atomic E-state index is 14.9. The van der Waals surface area contributed by atoms with Gasteiger partial charge in [-0.2, -0.15) is 0 Å². The molecule has 0 heterocycles. The van der Waals surface area contributed by atoms with Gasteiger partial charge in [0, 0.05) is 65.9 Å². The van der Waals surface area contributed by atoms with E-state index < -0.39 is 107 Å². The number of Topliss-reactive ketones (excluding diaryl/α,β-unsaturated/α-hetero) is 1. The summed E-state index contributed by atoms with van der Waals surface area (Å²) in [6.45, 7) is 21.0. The van der Waals surface area contributed by atoms with Gasteiger partial charge in [0.25, 0.3) is 0 Å². The summed E-state index contributed by atoms with van der Waals surface area (Å²) in [6, 6.07) is 0. The van der Waals surface area contributed by atoms with Crippen LogP contribution < -0.4 is 0 Å². The molecule has 0 aromatic rings. The van der Waals surface area contributed by atoms with Crippen molar-refractivity contribution in [2.24, 2.45) is 23.2 Å². The Kier molecular flexibility index (Phi) is 13.7. The summed E-state index contributed by atoms with van der Waals surface area (Å²) in [5.74, 6) is -8.40. The topological polar surface area (TPSA) is 184 Å². The Hall–Kier alpha value is -4.07. The molecule has 0 unspecified atom stereocenters. The minimum Gasteiger partial charge on any atom is -0.458 e. The molecule has 0 aliphatic heterocycles. The Balaban J connectivity index is 3.25. The number of esters is 6. The number of fused-ring (bicyclic) bond motifs is 1. The molecule has 2 aliphatic rings. The second kappa shape index (κ2) is 16.3. The van der Waals surface area contributed by atoms with Crippen LogP contribution in [0.25, 0.3) is 0 Å². The summed E-state index contributed by atoms with van der Waals surface area (Å²) < 4.78 is 41.5. The van der Waals surface area contributed by atoms with Crippen molar-refractivity contribution in [3.8, 4) is 0 Å². The van der Waals surface area contributed by atoms with Crippen LogP contribution in [0.4, 0.5) is 0 Å². The maximum Gasteiger partial charge on any atom is 0.303 e. The zero-order chi connectivity index (χ0) is 38.5. The number of carbonyl (C=O) groups is 7. The summed E-state index contributed by atoms with van der Waals surface area (Å²) in [7, 11) is 0. The lowest BCUT2D eigenvalue weighted by molar-refractivity contribution is -0.195. The van der Waals surface area contributed by atoms with Crippen molar-refractivity contribution in [3.05, 3.63) is 24.3 Å². The van der Waals surface area contributed by atoms with Crippen molar-refractivity contribution >= 4 is 41.6 Å². The number of ketones is 1. The Labute approximate surface area is 293 Å². The van der Waals surface area contributed by atoms with Crippen molar-refractivity contribution in [1.29, 1.82) is 0 Å². The smallest absolute Gasteiger partial charge is 0.303 e. The van der Waals surface area contributed by atoms with E-state index in [9.17, 15) is 33.6 Å². The molecule has 0 aromatic carbocycles. The van der Waals surface area contributed by atoms with Crippen LogP contribution in [0.3, 0.4) is 0 Å². The molecule has 0 bridgehead atoms. The molecule has 50 heavy (non-hydrogen) atoms. The minimum absolute atomic E-state index is 0.0333. The van der Waals surface area contributed by atoms with Gasteiger partial charge < -0.3 is 33.2 Å². The highest BCUT2D eigenvalue weighted by atomic mass is 16.6. The van der Waals surface area contributed by atoms with E-state index in [2.05, 4.69) is 6.58 Å². The molecule has 1 saturated carbocycles. The first kappa shape index (κ1) is 42.1. The molecule has 2 rings (SSSR count). The molecular weight excluding hydrogens is 656 g/mol. The normalized spacial score (nSPS) is 33.1. The Morgan fingerprint density at radius 2 is 1.26 bits per heavy atom. The van der Waals surface area contributed by atoms with E-state index in [1.165, 1.54) is 26.8 Å². The summed E-state index contributed by atoms with van der Waals surface area (Å²) >= 11 is 0. The second-order valence-electron chi connectivity index (χ2n) is 14.3. The van der Waals surface area contributed by atoms with Crippen LogP contribution in [0.15, 0.2) is 24.3 Å². The molecule has 14 nitrogen and oxygen atoms in total. The fraction of sp³-hybridized carbons (Fsp3) is 0.694. The first-order chi connectivity index (χ1) is 22.9. The van der Waals surface area contributed by atoms with E-state index in [-0.39, 0.29) is 18.1 Å². The maximum absolute atomic E-state index is 14.9. The third-order valence-electron chi connectivity index (χ3n) is 8.61. The summed E-state index contributed by atoms with van der Waals surface area (Å²) in [6.07, 6.45) is -4.76. The lowest BCUT2D eigenvalue weighted by atomic mass is 9.72. The van der Waals surface area contributed by atoms with Crippen LogP contribution in [0.1, 0.15) is 89.5 Å². The van der Waals surface area contributed by atoms with Gasteiger partial charge in [-0.3, -0.25) is 33.6 Å². The molecule has 0 aromatic heterocycles. The fourth-order valence-corrected chi connectivity index (χ4v) is 6.91. The van der Waals surface area contributed by atoms with E-state index >= 15 is 0 Å². The zero-order valence-corrected chi connectivity index (χ0v) is 31.1. The van der Waals surface area contributed by atoms with E-state index in [4.69, 9.17) is 33.2 Å². The van der Waals surface area contributed by atoms with E-state index in [0.29, 0.717) is 0 Å². The van der Waals surface area contributed by atoms with Gasteiger partial charge in [-0.05, 0) is 18.4 Å². The van der Waals surface area contributed by atoms with Crippen molar-refractivity contribution < 1.29 is 66.7 Å². The van der Waals surface area contributed by atoms with Crippen LogP contribution in [0.5, 0.6) is 0 Å². The predicted molar refractivity (Wildman–Crippen MR) is 176 cm³/mol. The van der Waals surface area contributed by atoms with E-state index in [1.54, 1.807) is 19.9 Å². The first-order valence-electron chi connectivity index (χ1n) is 16.5. The summed E-state index contributed by atoms with van der Waals surface area (Å²) in [5.41, 5.74) is -5.36. The van der Waals surface area contributed by atoms with Crippen molar-refractivity contribution in [1.82, 2.24) is 0 Å². The largest absolute Gasteiger partial charge is 0.458 e. The highest BCUT2D eigenvalue weighted by Gasteiger charge is 2.72. The van der Waals surface area contributed by atoms with E-state index in [0.717, 1.165) is 34.6 Å². The molecule has 14 heteroatoms. The van der Waals surface area contributed by atoms with Gasteiger partial charge in [0.15, 0.2) is 29.2 Å². The Bertz CT molecular complexity index is 1390. The van der Waals surface area contributed by atoms with Crippen molar-refractivity contribution in [2.45, 2.75) is 131 Å². The molecular formula is C36H52O14. The minimum atomic E-state index is -2.26. The zero-order valence-electron chi connectivity index (χ0n) is 31.1. The number of hydrogen-bond acceptors (Lipinski definition) is 14. The molecule has 0 radical (unpaired) electrons. The molecule has 0 saturated heterocycles. The fourth-order valence-electron chi connectivity index (χ4n) is 6.91. The van der Waals surface area contributed by atoms with Gasteiger partial charge in [-0.25, -0.2) is 0 Å². The third kappa shape index (κ3) is 9.79. The molecule has 9 atom stereocenters. The highest BCUT2D eigenvalue weighted by Crippen LogP contribution is 2.54. The number of carbonyl (C=O) groups excluding carboxylic acids is 7. The van der Waals surface area contributed by atoms with Gasteiger partial charge in [-0.1, -0.05) is 53.3 Å². The lowest BCUT2D eigenvalue weighted by Gasteiger charge is -2.45. The Morgan fingerprint density at radius 1 is 0.760 bits per heavy atom. The number of hydrogen-bond donors (Lipinski definition) is 0. The number of allylic oxidation sites excluding steroid dienone is 1. The van der Waals surface area contributed by atoms with Gasteiger partial charge in [-0.15, -0.1) is 0 Å². The summed E-state index contributed by atoms with van der Waals surface area (Å²) in [4.78, 5) is 91.3. The van der Waals surface area contributed by atoms with Crippen LogP contribution in [0.2, 0.25) is 0 Å². The average Bonchev–Trinajstić information content (AvgIpc) is 3.16. The first-order valence-corrected chi connectivity index (χ1v) is 16.5. The standard InChI is InChI=1S/C36H52O14/c1-18(2)16-44-29-20(4)28(45-21(5)37)27-32(47-23(7)39)35(13,49-25(9)41)17-36(27,50-26(10)42)31(43)19(3)14-15-34(11,12)33(48-24(8)40)30(29)46-22(6)38/h14-15,18-19,27-30,32-33H,4,16-17H2,1-3,5-13H3/b15-14-/t19-,27+,28+,29+,30-,32-,33-,35-,36-/m1/s1. The number of rotatable bonds is 9. The summed E-state index contributed by atoms with van der Waals surface area (Å²) in [5, 5.41) is 0. The van der Waals surface area contributed by atoms with Crippen LogP contribution in [-0.4, -0.2) is 89.9 Å². The van der Waals surface area contributed by atoms with E-state index in [1.807, 2.05) is 13.8 Å². The number of ether oxygens (including phenoxy) is 7. The monoisotopic (exact) mass is 708 g/mol. The van der Waals surface area contributed by atoms with Crippen LogP contribution in [-0.2, 0) is 66.7 Å². The molecule has 0 N–H and O–H groups in total. The molecule has 0 spiro atoms. The van der Waals surface area contributed by atoms with Crippen LogP contribution >= 0.6 is 0 Å². The van der Waals surface area contributed by atoms with Gasteiger partial charge in [0.1, 0.15) is 18.3 Å². The van der Waals surface area contributed by atoms with Gasteiger partial charge in [0.05, 0.1) is 5.92 Å².